The lowest BCUT2D eigenvalue weighted by Gasteiger charge is -2.08. The van der Waals surface area contributed by atoms with Crippen LogP contribution in [-0.4, -0.2) is 61.5 Å². The number of rotatable bonds is 14. The second-order valence-electron chi connectivity index (χ2n) is 13.9. The maximum Gasteiger partial charge on any atom is 0.305 e. The fourth-order valence-corrected chi connectivity index (χ4v) is 9.03. The van der Waals surface area contributed by atoms with Crippen molar-refractivity contribution in [2.45, 2.75) is 13.8 Å². The van der Waals surface area contributed by atoms with Gasteiger partial charge in [-0.05, 0) is 145 Å². The molecule has 6 aromatic carbocycles. The smallest absolute Gasteiger partial charge is 0.305 e. The Balaban J connectivity index is 0.000000192. The molecular weight excluding hydrogens is 857 g/mol. The third kappa shape index (κ3) is 10.3. The summed E-state index contributed by atoms with van der Waals surface area (Å²) in [6.07, 6.45) is 0. The number of aromatic hydroxyl groups is 2. The van der Waals surface area contributed by atoms with Gasteiger partial charge >= 0.3 is 11.9 Å². The summed E-state index contributed by atoms with van der Waals surface area (Å²) in [4.78, 5) is 50.5. The second-order valence-corrected chi connectivity index (χ2v) is 16.0. The highest BCUT2D eigenvalue weighted by Crippen LogP contribution is 2.43. The van der Waals surface area contributed by atoms with Crippen LogP contribution in [0.5, 0.6) is 34.5 Å². The van der Waals surface area contributed by atoms with Crippen molar-refractivity contribution < 1.29 is 57.8 Å². The molecule has 0 bridgehead atoms. The molecule has 2 aromatic heterocycles. The van der Waals surface area contributed by atoms with E-state index in [4.69, 9.17) is 28.4 Å². The number of methoxy groups -OCH3 is 2. The van der Waals surface area contributed by atoms with E-state index in [0.717, 1.165) is 52.6 Å². The Labute approximate surface area is 375 Å². The van der Waals surface area contributed by atoms with Crippen LogP contribution in [0.1, 0.15) is 45.7 Å². The topological polar surface area (TPSA) is 164 Å². The summed E-state index contributed by atoms with van der Waals surface area (Å²) in [5.41, 5.74) is 3.88. The molecule has 2 heterocycles. The molecule has 14 heteroatoms. The number of hydrogen-bond acceptors (Lipinski definition) is 14. The van der Waals surface area contributed by atoms with Crippen LogP contribution in [0.3, 0.4) is 0 Å². The lowest BCUT2D eigenvalue weighted by molar-refractivity contribution is -0.148. The highest BCUT2D eigenvalue weighted by atomic mass is 32.1. The first-order valence-electron chi connectivity index (χ1n) is 19.5. The van der Waals surface area contributed by atoms with Gasteiger partial charge in [0.2, 0.25) is 13.6 Å². The summed E-state index contributed by atoms with van der Waals surface area (Å²) in [7, 11) is 3.24. The van der Waals surface area contributed by atoms with E-state index in [1.807, 2.05) is 42.5 Å². The van der Waals surface area contributed by atoms with Crippen molar-refractivity contribution in [2.24, 2.45) is 0 Å². The standard InChI is InChI=1S/C26H22O6S.C24H18O6S/c1-16(27)31-15-32-20-10-4-17(5-11-20)25(28)24-22-13-12-21(30-3)14-23(22)33-26(24)18-6-8-19(29-2)9-7-18;1-14(25)29-13-30-19-9-4-15(5-10-19)23(28)22-20-11-8-18(27)12-21(20)31-24(22)16-2-6-17(26)7-3-16/h4-14H,15H2,1-3H3;2-12,26-27H,13H2,1H3. The quantitative estimate of drug-likeness (QED) is 0.0604. The number of esters is 2. The maximum absolute atomic E-state index is 13.6. The molecule has 0 atom stereocenters. The van der Waals surface area contributed by atoms with E-state index in [9.17, 15) is 29.4 Å². The first kappa shape index (κ1) is 44.4. The van der Waals surface area contributed by atoms with Gasteiger partial charge in [0.05, 0.1) is 14.2 Å². The first-order chi connectivity index (χ1) is 30.9. The van der Waals surface area contributed by atoms with Gasteiger partial charge in [0.25, 0.3) is 0 Å². The molecule has 0 radical (unpaired) electrons. The number of carbonyl (C=O) groups excluding carboxylic acids is 4. The summed E-state index contributed by atoms with van der Waals surface area (Å²) in [6, 6.07) is 38.3. The Morgan fingerprint density at radius 3 is 1.31 bits per heavy atom. The number of ether oxygens (including phenoxy) is 6. The summed E-state index contributed by atoms with van der Waals surface area (Å²) in [6.45, 7) is 2.22. The van der Waals surface area contributed by atoms with E-state index in [1.54, 1.807) is 117 Å². The average molecular weight is 897 g/mol. The molecule has 8 aromatic rings. The largest absolute Gasteiger partial charge is 0.508 e. The molecular formula is C50H40O12S2. The van der Waals surface area contributed by atoms with E-state index in [0.29, 0.717) is 33.8 Å². The third-order valence-corrected chi connectivity index (χ3v) is 12.1. The monoisotopic (exact) mass is 896 g/mol. The van der Waals surface area contributed by atoms with E-state index < -0.39 is 11.9 Å². The maximum atomic E-state index is 13.6. The van der Waals surface area contributed by atoms with Crippen molar-refractivity contribution >= 4 is 66.4 Å². The average Bonchev–Trinajstić information content (AvgIpc) is 3.87. The van der Waals surface area contributed by atoms with Crippen LogP contribution in [-0.2, 0) is 19.1 Å². The Morgan fingerprint density at radius 2 is 0.859 bits per heavy atom. The Hall–Kier alpha value is -7.68. The minimum Gasteiger partial charge on any atom is -0.508 e. The SMILES string of the molecule is CC(=O)OCOc1ccc(C(=O)c2c(-c3ccc(O)cc3)sc3cc(O)ccc23)cc1.COc1ccc(-c2sc3cc(OC)ccc3c2C(=O)c2ccc(OCOC(C)=O)cc2)cc1. The van der Waals surface area contributed by atoms with Gasteiger partial charge in [0, 0.05) is 66.0 Å². The molecule has 64 heavy (non-hydrogen) atoms. The number of phenols is 2. The molecule has 12 nitrogen and oxygen atoms in total. The van der Waals surface area contributed by atoms with Gasteiger partial charge in [-0.2, -0.15) is 0 Å². The molecule has 8 rings (SSSR count). The van der Waals surface area contributed by atoms with Gasteiger partial charge in [0.15, 0.2) is 11.6 Å². The van der Waals surface area contributed by atoms with Crippen molar-refractivity contribution in [2.75, 3.05) is 27.8 Å². The molecule has 0 fully saturated rings. The number of hydrogen-bond donors (Lipinski definition) is 2. The van der Waals surface area contributed by atoms with Crippen LogP contribution in [0.15, 0.2) is 133 Å². The molecule has 2 N–H and O–H groups in total. The van der Waals surface area contributed by atoms with Gasteiger partial charge < -0.3 is 38.6 Å². The minimum atomic E-state index is -0.441. The number of ketones is 2. The molecule has 0 aliphatic carbocycles. The number of thiophene rings is 2. The molecule has 0 aliphatic heterocycles. The molecule has 0 unspecified atom stereocenters. The van der Waals surface area contributed by atoms with Crippen LogP contribution in [0.4, 0.5) is 0 Å². The first-order valence-corrected chi connectivity index (χ1v) is 21.2. The molecule has 0 saturated carbocycles. The number of fused-ring (bicyclic) bond motifs is 2. The molecule has 0 saturated heterocycles. The lowest BCUT2D eigenvalue weighted by Crippen LogP contribution is -2.07. The van der Waals surface area contributed by atoms with Gasteiger partial charge in [-0.25, -0.2) is 0 Å². The predicted octanol–water partition coefficient (Wildman–Crippen LogP) is 10.8. The highest BCUT2D eigenvalue weighted by molar-refractivity contribution is 7.23. The van der Waals surface area contributed by atoms with Crippen LogP contribution < -0.4 is 18.9 Å². The van der Waals surface area contributed by atoms with Crippen molar-refractivity contribution in [1.29, 1.82) is 0 Å². The van der Waals surface area contributed by atoms with Gasteiger partial charge in [-0.1, -0.05) is 0 Å². The number of carbonyl (C=O) groups is 4. The van der Waals surface area contributed by atoms with E-state index in [2.05, 4.69) is 0 Å². The fraction of sp³-hybridized carbons (Fsp3) is 0.120. The van der Waals surface area contributed by atoms with Crippen molar-refractivity contribution in [3.63, 3.8) is 0 Å². The summed E-state index contributed by atoms with van der Waals surface area (Å²) >= 11 is 2.95. The van der Waals surface area contributed by atoms with Gasteiger partial charge in [-0.3, -0.25) is 19.2 Å². The Bertz CT molecular complexity index is 2950. The van der Waals surface area contributed by atoms with E-state index >= 15 is 0 Å². The summed E-state index contributed by atoms with van der Waals surface area (Å²) in [5.74, 6) is 1.59. The van der Waals surface area contributed by atoms with Gasteiger partial charge in [0.1, 0.15) is 34.5 Å². The zero-order chi connectivity index (χ0) is 45.3. The summed E-state index contributed by atoms with van der Waals surface area (Å²) < 4.78 is 32.6. The number of benzene rings is 6. The van der Waals surface area contributed by atoms with Crippen molar-refractivity contribution in [1.82, 2.24) is 0 Å². The molecule has 324 valence electrons. The molecule has 0 amide bonds. The van der Waals surface area contributed by atoms with Crippen LogP contribution in [0.25, 0.3) is 41.1 Å². The zero-order valence-corrected chi connectivity index (χ0v) is 36.5. The Kier molecular flexibility index (Phi) is 13.9. The molecule has 0 spiro atoms. The minimum absolute atomic E-state index is 0.0937. The van der Waals surface area contributed by atoms with Crippen LogP contribution >= 0.6 is 22.7 Å². The fourth-order valence-electron chi connectivity index (χ4n) is 6.56. The van der Waals surface area contributed by atoms with Crippen molar-refractivity contribution in [3.05, 3.63) is 156 Å². The molecule has 0 aliphatic rings. The van der Waals surface area contributed by atoms with Crippen molar-refractivity contribution in [3.8, 4) is 55.4 Å². The Morgan fingerprint density at radius 1 is 0.469 bits per heavy atom. The van der Waals surface area contributed by atoms with E-state index in [-0.39, 0.29) is 36.7 Å². The second kappa shape index (κ2) is 20.0. The van der Waals surface area contributed by atoms with Crippen LogP contribution in [0.2, 0.25) is 0 Å². The van der Waals surface area contributed by atoms with Gasteiger partial charge in [-0.15, -0.1) is 22.7 Å². The summed E-state index contributed by atoms with van der Waals surface area (Å²) in [5, 5.41) is 21.1. The van der Waals surface area contributed by atoms with E-state index in [1.165, 1.54) is 25.2 Å². The number of phenolic OH excluding ortho intramolecular Hbond substituents is 2. The normalized spacial score (nSPS) is 10.7. The third-order valence-electron chi connectivity index (χ3n) is 9.72. The lowest BCUT2D eigenvalue weighted by atomic mass is 9.97. The predicted molar refractivity (Wildman–Crippen MR) is 245 cm³/mol. The highest BCUT2D eigenvalue weighted by Gasteiger charge is 2.24. The van der Waals surface area contributed by atoms with Crippen LogP contribution in [0, 0.1) is 0 Å². The zero-order valence-electron chi connectivity index (χ0n) is 34.9.